The zero-order valence-corrected chi connectivity index (χ0v) is 24.9. The zero-order chi connectivity index (χ0) is 30.7. The summed E-state index contributed by atoms with van der Waals surface area (Å²) in [7, 11) is -4.94. The van der Waals surface area contributed by atoms with Gasteiger partial charge < -0.3 is 24.2 Å². The van der Waals surface area contributed by atoms with E-state index < -0.39 is 55.5 Å². The summed E-state index contributed by atoms with van der Waals surface area (Å²) in [6.45, 7) is -0.701. The molecule has 0 bridgehead atoms. The second-order valence-corrected chi connectivity index (χ2v) is 13.3. The van der Waals surface area contributed by atoms with Crippen molar-refractivity contribution in [3.63, 3.8) is 0 Å². The fraction of sp³-hybridized carbons (Fsp3) is 0.379. The van der Waals surface area contributed by atoms with Crippen LogP contribution >= 0.6 is 19.6 Å². The first-order chi connectivity index (χ1) is 21.1. The Morgan fingerprint density at radius 1 is 1.00 bits per heavy atom. The van der Waals surface area contributed by atoms with Gasteiger partial charge in [-0.05, 0) is 42.5 Å². The number of phosphoric ester groups is 1. The van der Waals surface area contributed by atoms with Crippen LogP contribution in [-0.2, 0) is 19.6 Å². The number of carbonyl (C=O) groups excluding carboxylic acids is 1. The Bertz CT molecular complexity index is 1750. The Labute approximate surface area is 254 Å². The highest BCUT2D eigenvalue weighted by molar-refractivity contribution is 7.98. The lowest BCUT2D eigenvalue weighted by Gasteiger charge is -2.53. The van der Waals surface area contributed by atoms with Crippen molar-refractivity contribution < 1.29 is 41.9 Å². The second-order valence-electron chi connectivity index (χ2n) is 11.1. The number of aromatic nitrogens is 1. The normalized spacial score (nSPS) is 22.9. The number of thioether (sulfide) groups is 1. The average Bonchev–Trinajstić information content (AvgIpc) is 3.82. The largest absolute Gasteiger partial charge is 0.472 e. The van der Waals surface area contributed by atoms with E-state index in [2.05, 4.69) is 4.52 Å². The number of nitrogens with zero attached hydrogens (tertiary/aromatic N) is 3. The van der Waals surface area contributed by atoms with Crippen molar-refractivity contribution in [3.05, 3.63) is 92.9 Å². The first-order valence-electron chi connectivity index (χ1n) is 14.1. The highest BCUT2D eigenvalue weighted by Gasteiger charge is 2.48. The molecule has 1 aromatic heterocycles. The van der Waals surface area contributed by atoms with E-state index >= 15 is 4.39 Å². The summed E-state index contributed by atoms with van der Waals surface area (Å²) in [5.74, 6) is -2.72. The quantitative estimate of drug-likeness (QED) is 0.286. The van der Waals surface area contributed by atoms with Gasteiger partial charge in [0.05, 0.1) is 18.2 Å². The molecule has 1 aliphatic carbocycles. The van der Waals surface area contributed by atoms with E-state index in [-0.39, 0.29) is 35.8 Å². The molecule has 1 saturated carbocycles. The third-order valence-corrected chi connectivity index (χ3v) is 9.85. The monoisotopic (exact) mass is 647 g/mol. The Kier molecular flexibility index (Phi) is 7.54. The van der Waals surface area contributed by atoms with Crippen molar-refractivity contribution in [2.75, 3.05) is 18.3 Å². The number of rotatable bonds is 7. The number of amides is 1. The predicted octanol–water partition coefficient (Wildman–Crippen LogP) is 4.03. The van der Waals surface area contributed by atoms with Gasteiger partial charge in [-0.15, -0.1) is 11.8 Å². The molecule has 0 radical (unpaired) electrons. The van der Waals surface area contributed by atoms with Gasteiger partial charge in [-0.3, -0.25) is 19.3 Å². The van der Waals surface area contributed by atoms with Crippen LogP contribution in [0.2, 0.25) is 0 Å². The summed E-state index contributed by atoms with van der Waals surface area (Å²) in [5.41, 5.74) is 0.602. The topological polar surface area (TPSA) is 131 Å². The lowest BCUT2D eigenvalue weighted by Crippen LogP contribution is -2.65. The van der Waals surface area contributed by atoms with Gasteiger partial charge in [-0.2, -0.15) is 0 Å². The van der Waals surface area contributed by atoms with Gasteiger partial charge in [-0.25, -0.2) is 17.9 Å². The first-order valence-corrected chi connectivity index (χ1v) is 16.6. The van der Waals surface area contributed by atoms with Crippen molar-refractivity contribution in [3.8, 4) is 5.75 Å². The highest BCUT2D eigenvalue weighted by atomic mass is 32.2. The van der Waals surface area contributed by atoms with E-state index in [1.165, 1.54) is 28.7 Å². The molecule has 0 spiro atoms. The smallest absolute Gasteiger partial charge is 0.460 e. The molecule has 7 rings (SSSR count). The molecule has 4 aliphatic rings. The molecular weight excluding hydrogens is 619 g/mol. The fourth-order valence-electron chi connectivity index (χ4n) is 6.22. The van der Waals surface area contributed by atoms with E-state index in [1.54, 1.807) is 11.0 Å². The van der Waals surface area contributed by atoms with Gasteiger partial charge in [-0.1, -0.05) is 24.3 Å². The molecule has 4 heterocycles. The van der Waals surface area contributed by atoms with Gasteiger partial charge in [0.1, 0.15) is 6.17 Å². The molecule has 2 fully saturated rings. The number of pyridine rings is 1. The SMILES string of the molecule is O=C1c2c(OCOP(=O)(O)O)c(=O)ccn2N([C@@H]2c3ccccc3SCc3c2ccc(F)c3F)[C@@H]2CC(OC3CC3)CCN12. The molecule has 1 amide bonds. The lowest BCUT2D eigenvalue weighted by atomic mass is 9.91. The maximum atomic E-state index is 15.4. The Balaban J connectivity index is 1.43. The minimum absolute atomic E-state index is 0.160. The number of hydrogen-bond acceptors (Lipinski definition) is 8. The van der Waals surface area contributed by atoms with Crippen LogP contribution in [-0.4, -0.2) is 57.0 Å². The third kappa shape index (κ3) is 5.33. The van der Waals surface area contributed by atoms with Crippen LogP contribution in [0.1, 0.15) is 58.9 Å². The van der Waals surface area contributed by atoms with Crippen molar-refractivity contribution in [1.29, 1.82) is 0 Å². The predicted molar refractivity (Wildman–Crippen MR) is 154 cm³/mol. The summed E-state index contributed by atoms with van der Waals surface area (Å²) >= 11 is 1.38. The summed E-state index contributed by atoms with van der Waals surface area (Å²) in [6, 6.07) is 10.6. The maximum Gasteiger partial charge on any atom is 0.472 e. The van der Waals surface area contributed by atoms with E-state index in [4.69, 9.17) is 19.3 Å². The Morgan fingerprint density at radius 2 is 1.80 bits per heavy atom. The Morgan fingerprint density at radius 3 is 2.57 bits per heavy atom. The summed E-state index contributed by atoms with van der Waals surface area (Å²) in [4.78, 5) is 47.9. The van der Waals surface area contributed by atoms with E-state index in [9.17, 15) is 18.5 Å². The molecule has 44 heavy (non-hydrogen) atoms. The van der Waals surface area contributed by atoms with Gasteiger partial charge >= 0.3 is 7.82 Å². The summed E-state index contributed by atoms with van der Waals surface area (Å²) < 4.78 is 58.9. The molecule has 3 aliphatic heterocycles. The first kappa shape index (κ1) is 29.5. The number of ether oxygens (including phenoxy) is 2. The molecular formula is C29H28F2N3O8PS. The lowest BCUT2D eigenvalue weighted by molar-refractivity contribution is -0.0296. The van der Waals surface area contributed by atoms with Crippen molar-refractivity contribution in [1.82, 2.24) is 9.58 Å². The van der Waals surface area contributed by atoms with Crippen LogP contribution < -0.4 is 15.2 Å². The van der Waals surface area contributed by atoms with E-state index in [0.717, 1.165) is 29.4 Å². The standard InChI is InChI=1S/C29H28F2N3O8PS/c30-21-8-7-18-20(25(21)31)14-44-23-4-2-1-3-19(23)26(18)34-24-13-17(42-16-5-6-16)9-11-32(24)29(36)27-28(22(35)10-12-33(27)34)40-15-41-43(37,38)39/h1-4,7-8,10,12,16-17,24,26H,5-6,9,11,13-15H2,(H2,37,38,39)/t17?,24-,26+/m1/s1. The van der Waals surface area contributed by atoms with Crippen LogP contribution in [0.25, 0.3) is 0 Å². The number of carbonyl (C=O) groups is 1. The molecule has 2 aromatic carbocycles. The number of hydrogen-bond donors (Lipinski definition) is 2. The van der Waals surface area contributed by atoms with Gasteiger partial charge in [0.15, 0.2) is 17.3 Å². The zero-order valence-electron chi connectivity index (χ0n) is 23.2. The number of benzene rings is 2. The minimum Gasteiger partial charge on any atom is -0.460 e. The maximum absolute atomic E-state index is 15.4. The van der Waals surface area contributed by atoms with Gasteiger partial charge in [0.2, 0.25) is 18.0 Å². The molecule has 1 unspecified atom stereocenters. The minimum atomic E-state index is -4.94. The molecule has 1 saturated heterocycles. The number of fused-ring (bicyclic) bond motifs is 4. The number of piperidine rings is 1. The highest BCUT2D eigenvalue weighted by Crippen LogP contribution is 2.46. The fourth-order valence-corrected chi connectivity index (χ4v) is 7.52. The van der Waals surface area contributed by atoms with Crippen LogP contribution in [0.15, 0.2) is 58.4 Å². The molecule has 2 N–H and O–H groups in total. The summed E-state index contributed by atoms with van der Waals surface area (Å²) in [5, 5.41) is 1.87. The van der Waals surface area contributed by atoms with E-state index in [1.807, 2.05) is 29.3 Å². The van der Waals surface area contributed by atoms with Crippen molar-refractivity contribution >= 4 is 25.5 Å². The van der Waals surface area contributed by atoms with Crippen LogP contribution in [0.3, 0.4) is 0 Å². The van der Waals surface area contributed by atoms with Crippen molar-refractivity contribution in [2.24, 2.45) is 0 Å². The molecule has 3 atom stereocenters. The number of phosphoric acid groups is 1. The van der Waals surface area contributed by atoms with Crippen LogP contribution in [0, 0.1) is 11.6 Å². The second kappa shape index (κ2) is 11.3. The molecule has 15 heteroatoms. The number of halogens is 2. The average molecular weight is 648 g/mol. The van der Waals surface area contributed by atoms with Crippen molar-refractivity contribution in [2.45, 2.75) is 60.7 Å². The van der Waals surface area contributed by atoms with Gasteiger partial charge in [0.25, 0.3) is 5.91 Å². The molecule has 11 nitrogen and oxygen atoms in total. The Hall–Kier alpha value is -3.26. The van der Waals surface area contributed by atoms with Crippen LogP contribution in [0.5, 0.6) is 5.75 Å². The third-order valence-electron chi connectivity index (χ3n) is 8.29. The van der Waals surface area contributed by atoms with Crippen LogP contribution in [0.4, 0.5) is 8.78 Å². The van der Waals surface area contributed by atoms with Gasteiger partial charge in [0, 0.05) is 41.4 Å². The summed E-state index contributed by atoms with van der Waals surface area (Å²) in [6.07, 6.45) is 3.73. The van der Waals surface area contributed by atoms with E-state index in [0.29, 0.717) is 18.4 Å². The molecule has 232 valence electrons. The molecule has 3 aromatic rings.